The van der Waals surface area contributed by atoms with E-state index < -0.39 is 6.10 Å². The summed E-state index contributed by atoms with van der Waals surface area (Å²) in [5.74, 6) is 0.920. The van der Waals surface area contributed by atoms with Crippen LogP contribution < -0.4 is 0 Å². The molecular weight excluding hydrogens is 226 g/mol. The van der Waals surface area contributed by atoms with Crippen molar-refractivity contribution in [3.8, 4) is 0 Å². The van der Waals surface area contributed by atoms with Crippen molar-refractivity contribution in [3.05, 3.63) is 47.8 Å². The molecule has 2 heterocycles. The van der Waals surface area contributed by atoms with Crippen LogP contribution in [0.2, 0.25) is 0 Å². The van der Waals surface area contributed by atoms with Crippen LogP contribution in [0.5, 0.6) is 0 Å². The zero-order valence-electron chi connectivity index (χ0n) is 10.9. The van der Waals surface area contributed by atoms with E-state index in [4.69, 9.17) is 0 Å². The van der Waals surface area contributed by atoms with Crippen molar-refractivity contribution in [1.82, 2.24) is 14.5 Å². The zero-order chi connectivity index (χ0) is 13.0. The van der Waals surface area contributed by atoms with E-state index in [1.807, 2.05) is 18.5 Å². The Morgan fingerprint density at radius 1 is 1.33 bits per heavy atom. The number of pyridine rings is 1. The summed E-state index contributed by atoms with van der Waals surface area (Å²) < 4.78 is 2.05. The van der Waals surface area contributed by atoms with Gasteiger partial charge in [-0.05, 0) is 30.5 Å². The molecule has 4 heteroatoms. The standard InChI is InChI=1S/C14H19N3O/c1-3-11-10-15-6-5-12(11)13(18)9-14-16-7-8-17(14)4-2/h5-8,10,13,18H,3-4,9H2,1-2H3. The molecule has 2 rings (SSSR count). The number of nitrogens with zero attached hydrogens (tertiary/aromatic N) is 3. The minimum absolute atomic E-state index is 0.518. The Morgan fingerprint density at radius 2 is 2.17 bits per heavy atom. The maximum Gasteiger partial charge on any atom is 0.111 e. The fraction of sp³-hybridized carbons (Fsp3) is 0.429. The van der Waals surface area contributed by atoms with Gasteiger partial charge in [0.1, 0.15) is 5.82 Å². The van der Waals surface area contributed by atoms with Crippen LogP contribution in [-0.4, -0.2) is 19.6 Å². The van der Waals surface area contributed by atoms with Gasteiger partial charge in [0.25, 0.3) is 0 Å². The van der Waals surface area contributed by atoms with Crippen molar-refractivity contribution in [2.45, 2.75) is 39.3 Å². The fourth-order valence-corrected chi connectivity index (χ4v) is 2.16. The summed E-state index contributed by atoms with van der Waals surface area (Å²) in [6, 6.07) is 1.89. The van der Waals surface area contributed by atoms with Gasteiger partial charge in [0.05, 0.1) is 6.10 Å². The summed E-state index contributed by atoms with van der Waals surface area (Å²) in [6.45, 7) is 5.01. The quantitative estimate of drug-likeness (QED) is 0.878. The van der Waals surface area contributed by atoms with E-state index in [9.17, 15) is 5.11 Å². The summed E-state index contributed by atoms with van der Waals surface area (Å²) in [5, 5.41) is 10.3. The number of imidazole rings is 1. The second-order valence-corrected chi connectivity index (χ2v) is 4.28. The molecule has 0 saturated heterocycles. The van der Waals surface area contributed by atoms with Gasteiger partial charge in [0.2, 0.25) is 0 Å². The Kier molecular flexibility index (Phi) is 4.10. The first-order valence-electron chi connectivity index (χ1n) is 6.37. The predicted molar refractivity (Wildman–Crippen MR) is 70.2 cm³/mol. The minimum atomic E-state index is -0.518. The zero-order valence-corrected chi connectivity index (χ0v) is 10.9. The van der Waals surface area contributed by atoms with Gasteiger partial charge >= 0.3 is 0 Å². The van der Waals surface area contributed by atoms with E-state index in [1.165, 1.54) is 0 Å². The third kappa shape index (κ3) is 2.59. The first-order chi connectivity index (χ1) is 8.76. The number of hydrogen-bond donors (Lipinski definition) is 1. The topological polar surface area (TPSA) is 50.9 Å². The molecule has 1 N–H and O–H groups in total. The van der Waals surface area contributed by atoms with E-state index in [-0.39, 0.29) is 0 Å². The lowest BCUT2D eigenvalue weighted by Gasteiger charge is -2.14. The maximum atomic E-state index is 10.3. The van der Waals surface area contributed by atoms with Crippen molar-refractivity contribution in [2.24, 2.45) is 0 Å². The van der Waals surface area contributed by atoms with Gasteiger partial charge in [-0.3, -0.25) is 4.98 Å². The molecule has 0 radical (unpaired) electrons. The molecule has 0 aliphatic rings. The van der Waals surface area contributed by atoms with Gasteiger partial charge < -0.3 is 9.67 Å². The van der Waals surface area contributed by atoms with E-state index in [2.05, 4.69) is 28.4 Å². The van der Waals surface area contributed by atoms with E-state index in [0.717, 1.165) is 29.9 Å². The average Bonchev–Trinajstić information content (AvgIpc) is 2.85. The van der Waals surface area contributed by atoms with Crippen molar-refractivity contribution in [3.63, 3.8) is 0 Å². The third-order valence-corrected chi connectivity index (χ3v) is 3.20. The molecule has 0 aliphatic heterocycles. The van der Waals surface area contributed by atoms with E-state index >= 15 is 0 Å². The highest BCUT2D eigenvalue weighted by atomic mass is 16.3. The largest absolute Gasteiger partial charge is 0.388 e. The van der Waals surface area contributed by atoms with Gasteiger partial charge in [-0.1, -0.05) is 6.92 Å². The molecule has 0 spiro atoms. The number of aryl methyl sites for hydroxylation is 2. The first kappa shape index (κ1) is 12.8. The highest BCUT2D eigenvalue weighted by molar-refractivity contribution is 5.26. The van der Waals surface area contributed by atoms with E-state index in [0.29, 0.717) is 6.42 Å². The molecular formula is C14H19N3O. The minimum Gasteiger partial charge on any atom is -0.388 e. The molecule has 0 aromatic carbocycles. The first-order valence-corrected chi connectivity index (χ1v) is 6.37. The summed E-state index contributed by atoms with van der Waals surface area (Å²) >= 11 is 0. The molecule has 18 heavy (non-hydrogen) atoms. The van der Waals surface area contributed by atoms with Gasteiger partial charge in [-0.25, -0.2) is 4.98 Å². The smallest absolute Gasteiger partial charge is 0.111 e. The molecule has 2 aromatic rings. The highest BCUT2D eigenvalue weighted by Gasteiger charge is 2.14. The lowest BCUT2D eigenvalue weighted by molar-refractivity contribution is 0.173. The number of aromatic nitrogens is 3. The Labute approximate surface area is 107 Å². The molecule has 2 aromatic heterocycles. The maximum absolute atomic E-state index is 10.3. The van der Waals surface area contributed by atoms with Crippen molar-refractivity contribution in [2.75, 3.05) is 0 Å². The lowest BCUT2D eigenvalue weighted by atomic mass is 10.0. The van der Waals surface area contributed by atoms with Crippen LogP contribution in [-0.2, 0) is 19.4 Å². The lowest BCUT2D eigenvalue weighted by Crippen LogP contribution is -2.10. The SMILES string of the molecule is CCc1cnccc1C(O)Cc1nccn1CC. The Bertz CT molecular complexity index is 507. The fourth-order valence-electron chi connectivity index (χ4n) is 2.16. The molecule has 1 atom stereocenters. The van der Waals surface area contributed by atoms with Crippen LogP contribution in [0, 0.1) is 0 Å². The van der Waals surface area contributed by atoms with Gasteiger partial charge in [0.15, 0.2) is 0 Å². The molecule has 1 unspecified atom stereocenters. The third-order valence-electron chi connectivity index (χ3n) is 3.20. The van der Waals surface area contributed by atoms with E-state index in [1.54, 1.807) is 12.4 Å². The number of aliphatic hydroxyl groups is 1. The Balaban J connectivity index is 2.19. The molecule has 0 saturated carbocycles. The van der Waals surface area contributed by atoms with Gasteiger partial charge in [0, 0.05) is 37.8 Å². The predicted octanol–water partition coefficient (Wildman–Crippen LogP) is 2.14. The average molecular weight is 245 g/mol. The molecule has 0 fully saturated rings. The van der Waals surface area contributed by atoms with Crippen molar-refractivity contribution < 1.29 is 5.11 Å². The van der Waals surface area contributed by atoms with Crippen LogP contribution in [0.4, 0.5) is 0 Å². The van der Waals surface area contributed by atoms with Gasteiger partial charge in [-0.15, -0.1) is 0 Å². The van der Waals surface area contributed by atoms with Crippen molar-refractivity contribution >= 4 is 0 Å². The normalized spacial score (nSPS) is 12.6. The van der Waals surface area contributed by atoms with Crippen LogP contribution in [0.3, 0.4) is 0 Å². The molecule has 96 valence electrons. The number of aliphatic hydroxyl groups excluding tert-OH is 1. The Hall–Kier alpha value is -1.68. The molecule has 0 bridgehead atoms. The number of rotatable bonds is 5. The summed E-state index contributed by atoms with van der Waals surface area (Å²) in [5.41, 5.74) is 2.05. The Morgan fingerprint density at radius 3 is 2.89 bits per heavy atom. The van der Waals surface area contributed by atoms with Crippen LogP contribution in [0.1, 0.15) is 36.9 Å². The second-order valence-electron chi connectivity index (χ2n) is 4.28. The summed E-state index contributed by atoms with van der Waals surface area (Å²) in [6.07, 6.45) is 8.17. The summed E-state index contributed by atoms with van der Waals surface area (Å²) in [4.78, 5) is 8.39. The number of hydrogen-bond acceptors (Lipinski definition) is 3. The van der Waals surface area contributed by atoms with Crippen LogP contribution >= 0.6 is 0 Å². The molecule has 0 aliphatic carbocycles. The van der Waals surface area contributed by atoms with Crippen LogP contribution in [0.15, 0.2) is 30.9 Å². The molecule has 4 nitrogen and oxygen atoms in total. The second kappa shape index (κ2) is 5.78. The van der Waals surface area contributed by atoms with Gasteiger partial charge in [-0.2, -0.15) is 0 Å². The highest BCUT2D eigenvalue weighted by Crippen LogP contribution is 2.21. The van der Waals surface area contributed by atoms with Crippen molar-refractivity contribution in [1.29, 1.82) is 0 Å². The summed E-state index contributed by atoms with van der Waals surface area (Å²) in [7, 11) is 0. The van der Waals surface area contributed by atoms with Crippen LogP contribution in [0.25, 0.3) is 0 Å². The molecule has 0 amide bonds. The monoisotopic (exact) mass is 245 g/mol.